The second-order valence-corrected chi connectivity index (χ2v) is 7.51. The van der Waals surface area contributed by atoms with Gasteiger partial charge in [0, 0.05) is 35.5 Å². The van der Waals surface area contributed by atoms with E-state index in [2.05, 4.69) is 18.8 Å². The summed E-state index contributed by atoms with van der Waals surface area (Å²) in [6, 6.07) is 5.80. The van der Waals surface area contributed by atoms with Crippen LogP contribution in [0.2, 0.25) is 6.32 Å². The lowest BCUT2D eigenvalue weighted by Crippen LogP contribution is -2.33. The molecule has 1 aromatic carbocycles. The molecule has 2 aliphatic rings. The van der Waals surface area contributed by atoms with E-state index in [-0.39, 0.29) is 11.5 Å². The Hall–Kier alpha value is -2.12. The third kappa shape index (κ3) is 3.17. The van der Waals surface area contributed by atoms with Gasteiger partial charge in [-0.3, -0.25) is 0 Å². The van der Waals surface area contributed by atoms with Crippen molar-refractivity contribution in [3.8, 4) is 22.9 Å². The van der Waals surface area contributed by atoms with Gasteiger partial charge in [0.25, 0.3) is 0 Å². The number of aromatic nitrogens is 2. The fourth-order valence-corrected chi connectivity index (χ4v) is 3.63. The lowest BCUT2D eigenvalue weighted by atomic mass is 9.81. The van der Waals surface area contributed by atoms with Crippen molar-refractivity contribution in [1.82, 2.24) is 9.97 Å². The van der Waals surface area contributed by atoms with Crippen molar-refractivity contribution < 1.29 is 19.2 Å². The predicted molar refractivity (Wildman–Crippen MR) is 98.5 cm³/mol. The minimum atomic E-state index is -0.706. The third-order valence-corrected chi connectivity index (χ3v) is 5.11. The Kier molecular flexibility index (Phi) is 4.36. The molecule has 7 heteroatoms. The second-order valence-electron chi connectivity index (χ2n) is 7.51. The largest absolute Gasteiger partial charge is 0.493 e. The van der Waals surface area contributed by atoms with Crippen LogP contribution in [-0.4, -0.2) is 41.4 Å². The Morgan fingerprint density at radius 1 is 1.31 bits per heavy atom. The van der Waals surface area contributed by atoms with Crippen molar-refractivity contribution in [3.63, 3.8) is 0 Å². The summed E-state index contributed by atoms with van der Waals surface area (Å²) in [6.45, 7) is 4.66. The summed E-state index contributed by atoms with van der Waals surface area (Å²) in [6.07, 6.45) is 4.14. The summed E-state index contributed by atoms with van der Waals surface area (Å²) in [7, 11) is 0.950. The Morgan fingerprint density at radius 2 is 2.15 bits per heavy atom. The molecule has 0 unspecified atom stereocenters. The summed E-state index contributed by atoms with van der Waals surface area (Å²) in [4.78, 5) is 9.25. The van der Waals surface area contributed by atoms with E-state index in [9.17, 15) is 5.02 Å². The molecule has 0 saturated carbocycles. The molecule has 4 rings (SSSR count). The number of nitrogens with zero attached hydrogens (tertiary/aromatic N) is 2. The van der Waals surface area contributed by atoms with Crippen LogP contribution in [-0.2, 0) is 11.1 Å². The van der Waals surface area contributed by atoms with Gasteiger partial charge in [0.1, 0.15) is 5.60 Å². The van der Waals surface area contributed by atoms with E-state index in [1.165, 1.54) is 0 Å². The van der Waals surface area contributed by atoms with Gasteiger partial charge in [0.2, 0.25) is 0 Å². The van der Waals surface area contributed by atoms with Crippen molar-refractivity contribution >= 4 is 7.12 Å². The maximum atomic E-state index is 9.62. The lowest BCUT2D eigenvalue weighted by Gasteiger charge is -2.34. The fourth-order valence-electron chi connectivity index (χ4n) is 3.63. The van der Waals surface area contributed by atoms with Gasteiger partial charge in [0.05, 0.1) is 7.11 Å². The second kappa shape index (κ2) is 6.56. The van der Waals surface area contributed by atoms with Crippen LogP contribution in [0.4, 0.5) is 0 Å². The minimum Gasteiger partial charge on any atom is -0.493 e. The molecule has 1 aromatic heterocycles. The van der Waals surface area contributed by atoms with Gasteiger partial charge < -0.3 is 19.2 Å². The van der Waals surface area contributed by atoms with Gasteiger partial charge in [-0.1, -0.05) is 0 Å². The molecule has 3 heterocycles. The van der Waals surface area contributed by atoms with E-state index in [0.717, 1.165) is 41.2 Å². The summed E-state index contributed by atoms with van der Waals surface area (Å²) >= 11 is 0. The molecule has 0 bridgehead atoms. The van der Waals surface area contributed by atoms with Crippen molar-refractivity contribution in [1.29, 1.82) is 0 Å². The Morgan fingerprint density at radius 3 is 2.88 bits per heavy atom. The highest BCUT2D eigenvalue weighted by molar-refractivity contribution is 6.43. The molecule has 1 fully saturated rings. The van der Waals surface area contributed by atoms with Gasteiger partial charge in [-0.15, -0.1) is 0 Å². The Balaban J connectivity index is 1.75. The van der Waals surface area contributed by atoms with E-state index in [0.29, 0.717) is 18.8 Å². The molecular weight excluding hydrogens is 331 g/mol. The predicted octanol–water partition coefficient (Wildman–Crippen LogP) is 2.85. The molecule has 0 radical (unpaired) electrons. The number of hydrogen-bond acceptors (Lipinski definition) is 6. The highest BCUT2D eigenvalue weighted by Gasteiger charge is 2.33. The zero-order chi connectivity index (χ0) is 18.3. The molecule has 2 aromatic rings. The first-order valence-corrected chi connectivity index (χ1v) is 8.99. The van der Waals surface area contributed by atoms with E-state index >= 15 is 0 Å². The van der Waals surface area contributed by atoms with E-state index < -0.39 is 7.12 Å². The number of rotatable bonds is 3. The first-order chi connectivity index (χ1) is 12.5. The molecule has 1 atom stereocenters. The molecule has 1 N–H and O–H groups in total. The quantitative estimate of drug-likeness (QED) is 0.855. The van der Waals surface area contributed by atoms with Crippen LogP contribution in [0.25, 0.3) is 11.4 Å². The monoisotopic (exact) mass is 354 g/mol. The number of fused-ring (bicyclic) bond motifs is 1. The van der Waals surface area contributed by atoms with Gasteiger partial charge in [0.15, 0.2) is 17.3 Å². The first-order valence-electron chi connectivity index (χ1n) is 8.99. The summed E-state index contributed by atoms with van der Waals surface area (Å²) in [5, 5.41) is 9.62. The van der Waals surface area contributed by atoms with E-state index in [4.69, 9.17) is 19.1 Å². The average Bonchev–Trinajstić information content (AvgIpc) is 3.06. The SMILES string of the molecule is COc1ccc(-c2nccc([C@@H]3COB(O)C3)n2)c2c1OC(C)(C)CC2. The molecule has 2 aliphatic heterocycles. The minimum absolute atomic E-state index is 0.0935. The van der Waals surface area contributed by atoms with Crippen LogP contribution in [0.1, 0.15) is 37.4 Å². The standard InChI is InChI=1S/C19H23BN2O4/c1-19(2)8-6-13-14(4-5-16(24-3)17(13)26-19)18-21-9-7-15(22-18)12-10-20(23)25-11-12/h4-5,7,9,12,23H,6,8,10-11H2,1-3H3/t12-/m0/s1. The van der Waals surface area contributed by atoms with Crippen LogP contribution in [0.5, 0.6) is 11.5 Å². The number of benzene rings is 1. The smallest absolute Gasteiger partial charge is 0.454 e. The van der Waals surface area contributed by atoms with Gasteiger partial charge >= 0.3 is 7.12 Å². The van der Waals surface area contributed by atoms with Gasteiger partial charge in [-0.05, 0) is 51.2 Å². The topological polar surface area (TPSA) is 73.7 Å². The number of hydrogen-bond donors (Lipinski definition) is 1. The molecular formula is C19H23BN2O4. The number of methoxy groups -OCH3 is 1. The molecule has 6 nitrogen and oxygen atoms in total. The van der Waals surface area contributed by atoms with Crippen molar-refractivity contribution in [2.45, 2.75) is 44.5 Å². The van der Waals surface area contributed by atoms with E-state index in [1.807, 2.05) is 18.2 Å². The molecule has 1 saturated heterocycles. The lowest BCUT2D eigenvalue weighted by molar-refractivity contribution is 0.0806. The maximum Gasteiger partial charge on any atom is 0.454 e. The van der Waals surface area contributed by atoms with Crippen LogP contribution in [0.3, 0.4) is 0 Å². The zero-order valence-corrected chi connectivity index (χ0v) is 15.4. The summed E-state index contributed by atoms with van der Waals surface area (Å²) < 4.78 is 17.0. The molecule has 136 valence electrons. The Labute approximate surface area is 153 Å². The highest BCUT2D eigenvalue weighted by Crippen LogP contribution is 2.44. The van der Waals surface area contributed by atoms with Crippen LogP contribution in [0.15, 0.2) is 24.4 Å². The third-order valence-electron chi connectivity index (χ3n) is 5.11. The average molecular weight is 354 g/mol. The maximum absolute atomic E-state index is 9.62. The van der Waals surface area contributed by atoms with Gasteiger partial charge in [-0.2, -0.15) is 0 Å². The van der Waals surface area contributed by atoms with Crippen molar-refractivity contribution in [2.24, 2.45) is 0 Å². The molecule has 26 heavy (non-hydrogen) atoms. The zero-order valence-electron chi connectivity index (χ0n) is 15.4. The molecule has 0 amide bonds. The Bertz CT molecular complexity index is 827. The normalized spacial score (nSPS) is 21.2. The first kappa shape index (κ1) is 17.3. The van der Waals surface area contributed by atoms with Crippen LogP contribution < -0.4 is 9.47 Å². The fraction of sp³-hybridized carbons (Fsp3) is 0.474. The van der Waals surface area contributed by atoms with Crippen LogP contribution in [0, 0.1) is 0 Å². The summed E-state index contributed by atoms with van der Waals surface area (Å²) in [5.74, 6) is 2.29. The highest BCUT2D eigenvalue weighted by atomic mass is 16.5. The van der Waals surface area contributed by atoms with Crippen molar-refractivity contribution in [3.05, 3.63) is 35.7 Å². The van der Waals surface area contributed by atoms with E-state index in [1.54, 1.807) is 13.3 Å². The van der Waals surface area contributed by atoms with Crippen molar-refractivity contribution in [2.75, 3.05) is 13.7 Å². The summed E-state index contributed by atoms with van der Waals surface area (Å²) in [5.41, 5.74) is 2.73. The molecule has 0 spiro atoms. The van der Waals surface area contributed by atoms with Crippen LogP contribution >= 0.6 is 0 Å². The number of ether oxygens (including phenoxy) is 2. The van der Waals surface area contributed by atoms with Gasteiger partial charge in [-0.25, -0.2) is 9.97 Å². The molecule has 0 aliphatic carbocycles.